The average molecular weight is 517 g/mol. The van der Waals surface area contributed by atoms with Crippen LogP contribution in [0.25, 0.3) is 0 Å². The second kappa shape index (κ2) is 7.53. The number of nitrogens with one attached hydrogen (secondary N) is 1. The van der Waals surface area contributed by atoms with Gasteiger partial charge in [0, 0.05) is 35.7 Å². The molecule has 1 aromatic carbocycles. The van der Waals surface area contributed by atoms with Crippen molar-refractivity contribution >= 4 is 17.5 Å². The standard InChI is InChI=1S/C22H21ClF4N4O4/c23-13-3-12-16(32)5-18(34-17(12)4-14(13)24)19(33)28-20-7-21(8-20,9-20)31-6-15(29-30-31)10-1-11(2-10)35-22(25,26)27/h3-4,6,10-11,16,18,32H,1-2,5,7-9H2,(H,28,33)/t10?,11?,16-,18-,20?,21?/m1/s1. The normalized spacial score (nSPS) is 35.1. The minimum Gasteiger partial charge on any atom is -0.480 e. The van der Waals surface area contributed by atoms with Gasteiger partial charge in [0.25, 0.3) is 5.91 Å². The number of rotatable bonds is 5. The molecule has 4 aliphatic carbocycles. The lowest BCUT2D eigenvalue weighted by Crippen LogP contribution is -2.79. The number of nitrogens with zero attached hydrogens (tertiary/aromatic N) is 3. The molecule has 5 aliphatic rings. The van der Waals surface area contributed by atoms with Crippen molar-refractivity contribution in [2.24, 2.45) is 0 Å². The third-order valence-corrected chi connectivity index (χ3v) is 7.90. The minimum absolute atomic E-state index is 0.0227. The van der Waals surface area contributed by atoms with Crippen LogP contribution in [-0.2, 0) is 15.1 Å². The molecule has 0 saturated heterocycles. The maximum Gasteiger partial charge on any atom is 0.522 e. The van der Waals surface area contributed by atoms with E-state index in [2.05, 4.69) is 20.4 Å². The molecule has 0 unspecified atom stereocenters. The summed E-state index contributed by atoms with van der Waals surface area (Å²) in [5.41, 5.74) is 0.300. The highest BCUT2D eigenvalue weighted by Gasteiger charge is 2.70. The summed E-state index contributed by atoms with van der Waals surface area (Å²) in [5, 5.41) is 21.6. The largest absolute Gasteiger partial charge is 0.522 e. The summed E-state index contributed by atoms with van der Waals surface area (Å²) >= 11 is 5.77. The Morgan fingerprint density at radius 1 is 1.26 bits per heavy atom. The summed E-state index contributed by atoms with van der Waals surface area (Å²) in [5.74, 6) is -1.11. The first kappa shape index (κ1) is 23.0. The number of ether oxygens (including phenoxy) is 2. The van der Waals surface area contributed by atoms with E-state index in [1.807, 2.05) is 0 Å². The first-order valence-electron chi connectivity index (χ1n) is 11.3. The van der Waals surface area contributed by atoms with E-state index in [4.69, 9.17) is 16.3 Å². The highest BCUT2D eigenvalue weighted by atomic mass is 35.5. The van der Waals surface area contributed by atoms with Gasteiger partial charge in [-0.15, -0.1) is 18.3 Å². The van der Waals surface area contributed by atoms with Gasteiger partial charge in [-0.05, 0) is 38.2 Å². The highest BCUT2D eigenvalue weighted by molar-refractivity contribution is 6.30. The zero-order valence-corrected chi connectivity index (χ0v) is 18.9. The molecule has 2 bridgehead atoms. The van der Waals surface area contributed by atoms with Crippen LogP contribution in [0.5, 0.6) is 5.75 Å². The van der Waals surface area contributed by atoms with Crippen LogP contribution < -0.4 is 10.1 Å². The van der Waals surface area contributed by atoms with Crippen LogP contribution in [0.15, 0.2) is 18.3 Å². The van der Waals surface area contributed by atoms with Crippen LogP contribution in [0.4, 0.5) is 17.6 Å². The predicted octanol–water partition coefficient (Wildman–Crippen LogP) is 3.49. The van der Waals surface area contributed by atoms with Gasteiger partial charge in [0.05, 0.1) is 28.5 Å². The van der Waals surface area contributed by atoms with Gasteiger partial charge in [-0.25, -0.2) is 9.07 Å². The number of aromatic nitrogens is 3. The fraction of sp³-hybridized carbons (Fsp3) is 0.591. The number of amides is 1. The Kier molecular flexibility index (Phi) is 4.95. The van der Waals surface area contributed by atoms with Crippen LogP contribution in [0.1, 0.15) is 61.8 Å². The summed E-state index contributed by atoms with van der Waals surface area (Å²) in [6, 6.07) is 2.37. The molecule has 4 saturated carbocycles. The summed E-state index contributed by atoms with van der Waals surface area (Å²) in [7, 11) is 0. The van der Waals surface area contributed by atoms with E-state index in [-0.39, 0.29) is 47.4 Å². The van der Waals surface area contributed by atoms with Gasteiger partial charge in [-0.3, -0.25) is 9.53 Å². The van der Waals surface area contributed by atoms with E-state index >= 15 is 0 Å². The molecule has 4 fully saturated rings. The number of carbonyl (C=O) groups is 1. The fourth-order valence-electron chi connectivity index (χ4n) is 5.84. The van der Waals surface area contributed by atoms with Gasteiger partial charge >= 0.3 is 6.36 Å². The third kappa shape index (κ3) is 3.86. The van der Waals surface area contributed by atoms with Crippen molar-refractivity contribution in [2.45, 2.75) is 80.2 Å². The second-order valence-electron chi connectivity index (χ2n) is 10.1. The Bertz CT molecular complexity index is 1180. The maximum absolute atomic E-state index is 13.8. The van der Waals surface area contributed by atoms with E-state index in [1.165, 1.54) is 6.07 Å². The third-order valence-electron chi connectivity index (χ3n) is 7.61. The molecule has 8 nitrogen and oxygen atoms in total. The molecule has 13 heteroatoms. The number of carbonyl (C=O) groups excluding carboxylic acids is 1. The molecular weight excluding hydrogens is 496 g/mol. The SMILES string of the molecule is O=C(NC12CC(n3cc(C4CC(OC(F)(F)F)C4)nn3)(C1)C2)[C@H]1C[C@@H](O)c2cc(Cl)c(F)cc2O1. The smallest absolute Gasteiger partial charge is 0.480 e. The molecule has 1 aliphatic heterocycles. The molecule has 2 aromatic rings. The van der Waals surface area contributed by atoms with Crippen molar-refractivity contribution in [2.75, 3.05) is 0 Å². The lowest BCUT2D eigenvalue weighted by molar-refractivity contribution is -0.351. The van der Waals surface area contributed by atoms with Crippen molar-refractivity contribution < 1.29 is 36.9 Å². The van der Waals surface area contributed by atoms with Crippen LogP contribution in [-0.4, -0.2) is 50.1 Å². The van der Waals surface area contributed by atoms with Crippen LogP contribution in [0.2, 0.25) is 5.02 Å². The summed E-state index contributed by atoms with van der Waals surface area (Å²) in [6.45, 7) is 0. The number of aliphatic hydroxyl groups is 1. The molecule has 188 valence electrons. The van der Waals surface area contributed by atoms with Gasteiger partial charge in [-0.1, -0.05) is 16.8 Å². The molecule has 2 atom stereocenters. The van der Waals surface area contributed by atoms with Crippen LogP contribution >= 0.6 is 11.6 Å². The van der Waals surface area contributed by atoms with Gasteiger partial charge in [-0.2, -0.15) is 0 Å². The molecule has 7 rings (SSSR count). The molecule has 35 heavy (non-hydrogen) atoms. The van der Waals surface area contributed by atoms with Crippen molar-refractivity contribution in [3.8, 4) is 5.75 Å². The Morgan fingerprint density at radius 2 is 1.97 bits per heavy atom. The fourth-order valence-corrected chi connectivity index (χ4v) is 6.01. The van der Waals surface area contributed by atoms with Crippen molar-refractivity contribution in [3.63, 3.8) is 0 Å². The van der Waals surface area contributed by atoms with E-state index in [9.17, 15) is 27.5 Å². The second-order valence-corrected chi connectivity index (χ2v) is 10.5. The number of hydrogen-bond donors (Lipinski definition) is 2. The monoisotopic (exact) mass is 516 g/mol. The molecule has 0 spiro atoms. The van der Waals surface area contributed by atoms with Gasteiger partial charge in [0.2, 0.25) is 0 Å². The van der Waals surface area contributed by atoms with Crippen molar-refractivity contribution in [1.29, 1.82) is 0 Å². The highest BCUT2D eigenvalue weighted by Crippen LogP contribution is 2.65. The number of fused-ring (bicyclic) bond motifs is 1. The number of hydrogen-bond acceptors (Lipinski definition) is 6. The summed E-state index contributed by atoms with van der Waals surface area (Å²) in [6.07, 6.45) is -3.26. The Morgan fingerprint density at radius 3 is 2.66 bits per heavy atom. The lowest BCUT2D eigenvalue weighted by Gasteiger charge is -2.69. The van der Waals surface area contributed by atoms with E-state index in [1.54, 1.807) is 10.9 Å². The van der Waals surface area contributed by atoms with Gasteiger partial charge < -0.3 is 15.2 Å². The molecule has 1 aromatic heterocycles. The van der Waals surface area contributed by atoms with Crippen LogP contribution in [0, 0.1) is 5.82 Å². The zero-order chi connectivity index (χ0) is 24.8. The Hall–Kier alpha value is -2.44. The summed E-state index contributed by atoms with van der Waals surface area (Å²) in [4.78, 5) is 12.9. The van der Waals surface area contributed by atoms with Gasteiger partial charge in [0.15, 0.2) is 6.10 Å². The van der Waals surface area contributed by atoms with Crippen molar-refractivity contribution in [3.05, 3.63) is 40.4 Å². The van der Waals surface area contributed by atoms with Crippen LogP contribution in [0.3, 0.4) is 0 Å². The number of aliphatic hydroxyl groups excluding tert-OH is 1. The first-order chi connectivity index (χ1) is 16.4. The molecule has 1 amide bonds. The van der Waals surface area contributed by atoms with E-state index < -0.39 is 36.0 Å². The average Bonchev–Trinajstić information content (AvgIpc) is 3.15. The molecule has 2 N–H and O–H groups in total. The van der Waals surface area contributed by atoms with Crippen molar-refractivity contribution in [1.82, 2.24) is 20.3 Å². The van der Waals surface area contributed by atoms with E-state index in [0.29, 0.717) is 30.5 Å². The zero-order valence-electron chi connectivity index (χ0n) is 18.2. The predicted molar refractivity (Wildman–Crippen MR) is 111 cm³/mol. The molecular formula is C22H21ClF4N4O4. The molecule has 2 heterocycles. The lowest BCUT2D eigenvalue weighted by atomic mass is 9.44. The number of benzene rings is 1. The Balaban J connectivity index is 1.04. The minimum atomic E-state index is -4.63. The summed E-state index contributed by atoms with van der Waals surface area (Å²) < 4.78 is 62.2. The first-order valence-corrected chi connectivity index (χ1v) is 11.7. The molecule has 0 radical (unpaired) electrons. The quantitative estimate of drug-likeness (QED) is 0.590. The maximum atomic E-state index is 13.8. The number of alkyl halides is 3. The number of halogens is 5. The van der Waals surface area contributed by atoms with E-state index in [0.717, 1.165) is 6.07 Å². The topological polar surface area (TPSA) is 98.5 Å². The Labute approximate surface area is 201 Å². The van der Waals surface area contributed by atoms with Gasteiger partial charge in [0.1, 0.15) is 11.6 Å².